The molecule has 7 heteroatoms. The van der Waals surface area contributed by atoms with Crippen molar-refractivity contribution in [1.82, 2.24) is 15.3 Å². The van der Waals surface area contributed by atoms with Crippen molar-refractivity contribution in [2.45, 2.75) is 27.9 Å². The van der Waals surface area contributed by atoms with E-state index >= 15 is 0 Å². The van der Waals surface area contributed by atoms with Gasteiger partial charge in [-0.3, -0.25) is 4.79 Å². The van der Waals surface area contributed by atoms with Gasteiger partial charge in [0.15, 0.2) is 0 Å². The number of rotatable bonds is 8. The lowest BCUT2D eigenvalue weighted by Gasteiger charge is -2.15. The van der Waals surface area contributed by atoms with E-state index in [0.29, 0.717) is 0 Å². The third-order valence-electron chi connectivity index (χ3n) is 3.92. The van der Waals surface area contributed by atoms with Gasteiger partial charge in [-0.05, 0) is 36.8 Å². The molecule has 0 bridgehead atoms. The van der Waals surface area contributed by atoms with Gasteiger partial charge in [-0.1, -0.05) is 53.9 Å². The van der Waals surface area contributed by atoms with Crippen molar-refractivity contribution in [2.24, 2.45) is 0 Å². The maximum Gasteiger partial charge on any atom is 0.230 e. The minimum Gasteiger partial charge on any atom is -0.497 e. The number of aromatic nitrogens is 2. The normalized spacial score (nSPS) is 11.6. The van der Waals surface area contributed by atoms with Crippen LogP contribution in [-0.2, 0) is 4.79 Å². The molecule has 1 N–H and O–H groups in total. The van der Waals surface area contributed by atoms with E-state index in [1.165, 1.54) is 11.8 Å². The molecule has 3 rings (SSSR count). The van der Waals surface area contributed by atoms with Crippen LogP contribution in [0.1, 0.15) is 18.5 Å². The number of thioether (sulfide) groups is 1. The van der Waals surface area contributed by atoms with Gasteiger partial charge in [-0.2, -0.15) is 0 Å². The minimum atomic E-state index is -0.0842. The van der Waals surface area contributed by atoms with Gasteiger partial charge < -0.3 is 10.1 Å². The highest BCUT2D eigenvalue weighted by atomic mass is 32.2. The smallest absolute Gasteiger partial charge is 0.230 e. The Morgan fingerprint density at radius 2 is 1.71 bits per heavy atom. The van der Waals surface area contributed by atoms with E-state index in [2.05, 4.69) is 15.3 Å². The summed E-state index contributed by atoms with van der Waals surface area (Å²) < 4.78 is 5.17. The number of carbonyl (C=O) groups is 1. The number of nitrogens with zero attached hydrogens (tertiary/aromatic N) is 2. The van der Waals surface area contributed by atoms with Crippen LogP contribution in [0.5, 0.6) is 5.75 Å². The molecule has 1 amide bonds. The first-order valence-corrected chi connectivity index (χ1v) is 10.6. The van der Waals surface area contributed by atoms with Gasteiger partial charge in [-0.25, -0.2) is 9.97 Å². The van der Waals surface area contributed by atoms with E-state index in [1.807, 2.05) is 61.5 Å². The fraction of sp³-hybridized carbons (Fsp3) is 0.190. The molecule has 1 heterocycles. The Morgan fingerprint density at radius 3 is 2.39 bits per heavy atom. The molecule has 2 aromatic carbocycles. The van der Waals surface area contributed by atoms with Crippen molar-refractivity contribution in [1.29, 1.82) is 0 Å². The van der Waals surface area contributed by atoms with Crippen LogP contribution >= 0.6 is 23.5 Å². The van der Waals surface area contributed by atoms with Crippen LogP contribution in [0.2, 0.25) is 0 Å². The first-order chi connectivity index (χ1) is 13.7. The second kappa shape index (κ2) is 10.1. The molecule has 1 atom stereocenters. The van der Waals surface area contributed by atoms with Crippen molar-refractivity contribution in [3.05, 3.63) is 72.6 Å². The Bertz CT molecular complexity index is 905. The molecule has 5 nitrogen and oxygen atoms in total. The van der Waals surface area contributed by atoms with E-state index in [-0.39, 0.29) is 17.7 Å². The zero-order valence-corrected chi connectivity index (χ0v) is 17.3. The fourth-order valence-corrected chi connectivity index (χ4v) is 4.21. The Balaban J connectivity index is 1.57. The van der Waals surface area contributed by atoms with Gasteiger partial charge in [0.25, 0.3) is 0 Å². The summed E-state index contributed by atoms with van der Waals surface area (Å²) in [6.45, 7) is 1.96. The molecule has 1 unspecified atom stereocenters. The van der Waals surface area contributed by atoms with Gasteiger partial charge in [0, 0.05) is 17.3 Å². The van der Waals surface area contributed by atoms with Crippen LogP contribution in [0.4, 0.5) is 0 Å². The Hall–Kier alpha value is -2.51. The highest BCUT2D eigenvalue weighted by molar-refractivity contribution is 8.02. The van der Waals surface area contributed by atoms with Crippen molar-refractivity contribution in [2.75, 3.05) is 12.9 Å². The summed E-state index contributed by atoms with van der Waals surface area (Å²) in [5.74, 6) is 1.03. The van der Waals surface area contributed by atoms with Gasteiger partial charge in [0.2, 0.25) is 5.91 Å². The number of carbonyl (C=O) groups excluding carboxylic acids is 1. The summed E-state index contributed by atoms with van der Waals surface area (Å²) in [5, 5.41) is 4.57. The van der Waals surface area contributed by atoms with Crippen molar-refractivity contribution >= 4 is 29.4 Å². The summed E-state index contributed by atoms with van der Waals surface area (Å²) in [4.78, 5) is 22.3. The molecule has 0 fully saturated rings. The molecule has 28 heavy (non-hydrogen) atoms. The molecule has 0 spiro atoms. The number of amides is 1. The summed E-state index contributed by atoms with van der Waals surface area (Å²) in [6.07, 6.45) is 3.32. The summed E-state index contributed by atoms with van der Waals surface area (Å²) >= 11 is 2.93. The first-order valence-electron chi connectivity index (χ1n) is 8.75. The lowest BCUT2D eigenvalue weighted by Crippen LogP contribution is -2.28. The van der Waals surface area contributed by atoms with E-state index in [4.69, 9.17) is 4.74 Å². The van der Waals surface area contributed by atoms with E-state index in [1.54, 1.807) is 31.3 Å². The standard InChI is InChI=1S/C21H21N3O2S2/c1-15(16-8-10-17(26-2)11-9-16)24-19(25)14-27-20-21(23-13-12-22-20)28-18-6-4-3-5-7-18/h3-13,15H,14H2,1-2H3,(H,24,25). The van der Waals surface area contributed by atoms with Crippen molar-refractivity contribution in [3.8, 4) is 5.75 Å². The third-order valence-corrected chi connectivity index (χ3v) is 6.03. The van der Waals surface area contributed by atoms with E-state index in [9.17, 15) is 4.79 Å². The number of methoxy groups -OCH3 is 1. The Kier molecular flexibility index (Phi) is 7.33. The fourth-order valence-electron chi connectivity index (χ4n) is 2.47. The largest absolute Gasteiger partial charge is 0.497 e. The molecule has 0 saturated heterocycles. The minimum absolute atomic E-state index is 0.0466. The predicted octanol–water partition coefficient (Wildman–Crippen LogP) is 4.61. The van der Waals surface area contributed by atoms with Gasteiger partial charge in [0.05, 0.1) is 18.9 Å². The average molecular weight is 412 g/mol. The number of ether oxygens (including phenoxy) is 1. The van der Waals surface area contributed by atoms with Crippen molar-refractivity contribution < 1.29 is 9.53 Å². The topological polar surface area (TPSA) is 64.1 Å². The van der Waals surface area contributed by atoms with E-state index in [0.717, 1.165) is 26.3 Å². The molecule has 3 aromatic rings. The van der Waals surface area contributed by atoms with Crippen LogP contribution in [0.25, 0.3) is 0 Å². The van der Waals surface area contributed by atoms with Crippen LogP contribution in [-0.4, -0.2) is 28.7 Å². The number of hydrogen-bond acceptors (Lipinski definition) is 6. The Morgan fingerprint density at radius 1 is 1.04 bits per heavy atom. The number of benzene rings is 2. The van der Waals surface area contributed by atoms with Gasteiger partial charge >= 0.3 is 0 Å². The number of hydrogen-bond donors (Lipinski definition) is 1. The predicted molar refractivity (Wildman–Crippen MR) is 113 cm³/mol. The second-order valence-electron chi connectivity index (χ2n) is 5.93. The lowest BCUT2D eigenvalue weighted by molar-refractivity contribution is -0.119. The van der Waals surface area contributed by atoms with Crippen LogP contribution in [0, 0.1) is 0 Å². The molecular formula is C21H21N3O2S2. The molecule has 0 radical (unpaired) electrons. The lowest BCUT2D eigenvalue weighted by atomic mass is 10.1. The number of nitrogens with one attached hydrogen (secondary N) is 1. The van der Waals surface area contributed by atoms with Gasteiger partial charge in [-0.15, -0.1) is 0 Å². The third kappa shape index (κ3) is 5.74. The SMILES string of the molecule is COc1ccc(C(C)NC(=O)CSc2nccnc2Sc2ccccc2)cc1. The summed E-state index contributed by atoms with van der Waals surface area (Å²) in [7, 11) is 1.63. The summed E-state index contributed by atoms with van der Waals surface area (Å²) in [6, 6.07) is 17.6. The van der Waals surface area contributed by atoms with Crippen molar-refractivity contribution in [3.63, 3.8) is 0 Å². The van der Waals surface area contributed by atoms with Gasteiger partial charge in [0.1, 0.15) is 15.8 Å². The summed E-state index contributed by atoms with van der Waals surface area (Å²) in [5.41, 5.74) is 1.03. The quantitative estimate of drug-likeness (QED) is 0.546. The molecule has 0 aliphatic heterocycles. The van der Waals surface area contributed by atoms with Crippen LogP contribution in [0.15, 0.2) is 81.9 Å². The molecule has 0 saturated carbocycles. The van der Waals surface area contributed by atoms with E-state index < -0.39 is 0 Å². The zero-order valence-electron chi connectivity index (χ0n) is 15.7. The zero-order chi connectivity index (χ0) is 19.8. The Labute approximate surface area is 173 Å². The molecule has 0 aliphatic rings. The molecule has 144 valence electrons. The first kappa shape index (κ1) is 20.2. The highest BCUT2D eigenvalue weighted by Crippen LogP contribution is 2.32. The maximum absolute atomic E-state index is 12.4. The molecule has 0 aliphatic carbocycles. The second-order valence-corrected chi connectivity index (χ2v) is 7.96. The average Bonchev–Trinajstić information content (AvgIpc) is 2.74. The molecular weight excluding hydrogens is 390 g/mol. The highest BCUT2D eigenvalue weighted by Gasteiger charge is 2.13. The molecule has 1 aromatic heterocycles. The van der Waals surface area contributed by atoms with Crippen LogP contribution < -0.4 is 10.1 Å². The van der Waals surface area contributed by atoms with Crippen LogP contribution in [0.3, 0.4) is 0 Å². The maximum atomic E-state index is 12.4. The monoisotopic (exact) mass is 411 g/mol.